The lowest BCUT2D eigenvalue weighted by molar-refractivity contribution is -0.143. The summed E-state index contributed by atoms with van der Waals surface area (Å²) >= 11 is 0. The molecule has 2 amide bonds. The number of esters is 1. The van der Waals surface area contributed by atoms with Crippen molar-refractivity contribution in [3.63, 3.8) is 0 Å². The number of nitrogens with zero attached hydrogens (tertiary/aromatic N) is 1. The Balaban J connectivity index is 2.72. The molecule has 0 saturated carbocycles. The third-order valence-electron chi connectivity index (χ3n) is 2.47. The number of aromatic carboxylic acids is 1. The minimum atomic E-state index is -1.44. The maximum absolute atomic E-state index is 13.2. The lowest BCUT2D eigenvalue weighted by Crippen LogP contribution is -2.36. The number of ether oxygens (including phenoxy) is 1. The zero-order valence-electron chi connectivity index (χ0n) is 11.6. The van der Waals surface area contributed by atoms with Gasteiger partial charge >= 0.3 is 18.0 Å². The predicted octanol–water partition coefficient (Wildman–Crippen LogP) is 1.55. The molecule has 0 heterocycles. The van der Waals surface area contributed by atoms with Gasteiger partial charge in [0.1, 0.15) is 12.4 Å². The van der Waals surface area contributed by atoms with Gasteiger partial charge in [-0.15, -0.1) is 0 Å². The number of carboxylic acids is 1. The average Bonchev–Trinajstić information content (AvgIpc) is 2.40. The van der Waals surface area contributed by atoms with Crippen molar-refractivity contribution in [3.8, 4) is 0 Å². The summed E-state index contributed by atoms with van der Waals surface area (Å²) in [5.41, 5.74) is -0.449. The summed E-state index contributed by atoms with van der Waals surface area (Å²) in [4.78, 5) is 34.9. The number of carbonyl (C=O) groups is 3. The number of halogens is 1. The monoisotopic (exact) mass is 298 g/mol. The molecule has 21 heavy (non-hydrogen) atoms. The Morgan fingerprint density at radius 2 is 2.05 bits per heavy atom. The van der Waals surface area contributed by atoms with E-state index in [2.05, 4.69) is 5.32 Å². The molecule has 0 fully saturated rings. The number of rotatable bonds is 5. The number of benzene rings is 1. The van der Waals surface area contributed by atoms with E-state index in [0.29, 0.717) is 0 Å². The highest BCUT2D eigenvalue weighted by Gasteiger charge is 2.16. The van der Waals surface area contributed by atoms with Crippen LogP contribution in [0.2, 0.25) is 0 Å². The Morgan fingerprint density at radius 1 is 1.38 bits per heavy atom. The first-order chi connectivity index (χ1) is 9.85. The highest BCUT2D eigenvalue weighted by Crippen LogP contribution is 2.15. The third kappa shape index (κ3) is 4.75. The van der Waals surface area contributed by atoms with Crippen molar-refractivity contribution in [2.24, 2.45) is 0 Å². The van der Waals surface area contributed by atoms with Gasteiger partial charge in [0.25, 0.3) is 0 Å². The van der Waals surface area contributed by atoms with E-state index >= 15 is 0 Å². The van der Waals surface area contributed by atoms with Gasteiger partial charge < -0.3 is 20.1 Å². The summed E-state index contributed by atoms with van der Waals surface area (Å²) in [5.74, 6) is -2.91. The summed E-state index contributed by atoms with van der Waals surface area (Å²) in [7, 11) is 1.37. The zero-order valence-corrected chi connectivity index (χ0v) is 11.6. The van der Waals surface area contributed by atoms with Gasteiger partial charge in [0, 0.05) is 12.7 Å². The van der Waals surface area contributed by atoms with E-state index in [-0.39, 0.29) is 18.8 Å². The molecule has 114 valence electrons. The number of amides is 2. The maximum atomic E-state index is 13.2. The van der Waals surface area contributed by atoms with Crippen molar-refractivity contribution in [2.45, 2.75) is 6.92 Å². The van der Waals surface area contributed by atoms with E-state index in [9.17, 15) is 18.8 Å². The molecule has 0 aliphatic rings. The highest BCUT2D eigenvalue weighted by atomic mass is 19.1. The van der Waals surface area contributed by atoms with Gasteiger partial charge in [-0.1, -0.05) is 0 Å². The standard InChI is InChI=1S/C13H15FN2O5/c1-3-21-11(17)7-16(2)13(20)15-8-4-5-10(14)9(6-8)12(18)19/h4-6H,3,7H2,1-2H3,(H,15,20)(H,18,19). The highest BCUT2D eigenvalue weighted by molar-refractivity contribution is 5.94. The minimum absolute atomic E-state index is 0.106. The van der Waals surface area contributed by atoms with Crippen LogP contribution in [0, 0.1) is 5.82 Å². The fourth-order valence-electron chi connectivity index (χ4n) is 1.46. The molecule has 0 unspecified atom stereocenters. The Kier molecular flexibility index (Phi) is 5.65. The molecule has 0 spiro atoms. The molecular weight excluding hydrogens is 283 g/mol. The second-order valence-corrected chi connectivity index (χ2v) is 4.09. The number of urea groups is 1. The Hall–Kier alpha value is -2.64. The largest absolute Gasteiger partial charge is 0.478 e. The smallest absolute Gasteiger partial charge is 0.338 e. The van der Waals surface area contributed by atoms with Crippen LogP contribution in [0.25, 0.3) is 0 Å². The summed E-state index contributed by atoms with van der Waals surface area (Å²) in [5, 5.41) is 11.1. The fraction of sp³-hybridized carbons (Fsp3) is 0.308. The van der Waals surface area contributed by atoms with Crippen molar-refractivity contribution >= 4 is 23.7 Å². The van der Waals surface area contributed by atoms with E-state index in [4.69, 9.17) is 9.84 Å². The lowest BCUT2D eigenvalue weighted by Gasteiger charge is -2.17. The molecule has 0 atom stereocenters. The van der Waals surface area contributed by atoms with Gasteiger partial charge in [-0.2, -0.15) is 0 Å². The summed E-state index contributed by atoms with van der Waals surface area (Å²) in [6, 6.07) is 2.50. The number of carbonyl (C=O) groups excluding carboxylic acids is 2. The number of nitrogens with one attached hydrogen (secondary N) is 1. The molecule has 0 saturated heterocycles. The van der Waals surface area contributed by atoms with Gasteiger partial charge in [-0.3, -0.25) is 4.79 Å². The molecule has 0 aromatic heterocycles. The van der Waals surface area contributed by atoms with E-state index in [1.165, 1.54) is 13.1 Å². The first kappa shape index (κ1) is 16.4. The van der Waals surface area contributed by atoms with Gasteiger partial charge in [0.05, 0.1) is 12.2 Å². The molecular formula is C13H15FN2O5. The van der Waals surface area contributed by atoms with E-state index < -0.39 is 29.4 Å². The topological polar surface area (TPSA) is 95.9 Å². The van der Waals surface area contributed by atoms with Gasteiger partial charge in [0.15, 0.2) is 0 Å². The number of anilines is 1. The Labute approximate surface area is 120 Å². The van der Waals surface area contributed by atoms with Crippen molar-refractivity contribution in [2.75, 3.05) is 25.5 Å². The summed E-state index contributed by atoms with van der Waals surface area (Å²) in [6.45, 7) is 1.59. The number of likely N-dealkylation sites (N-methyl/N-ethyl adjacent to an activating group) is 1. The van der Waals surface area contributed by atoms with Crippen LogP contribution >= 0.6 is 0 Å². The molecule has 1 rings (SSSR count). The van der Waals surface area contributed by atoms with Gasteiger partial charge in [0.2, 0.25) is 0 Å². The summed E-state index contributed by atoms with van der Waals surface area (Å²) < 4.78 is 17.9. The molecule has 0 aliphatic carbocycles. The van der Waals surface area contributed by atoms with Crippen molar-refractivity contribution in [1.82, 2.24) is 4.90 Å². The molecule has 1 aromatic rings. The minimum Gasteiger partial charge on any atom is -0.478 e. The zero-order chi connectivity index (χ0) is 16.0. The van der Waals surface area contributed by atoms with Crippen LogP contribution < -0.4 is 5.32 Å². The van der Waals surface area contributed by atoms with Crippen molar-refractivity contribution in [3.05, 3.63) is 29.6 Å². The molecule has 0 aliphatic heterocycles. The van der Waals surface area contributed by atoms with Crippen LogP contribution in [0.1, 0.15) is 17.3 Å². The molecule has 8 heteroatoms. The number of carboxylic acid groups (broad SMARTS) is 1. The van der Waals surface area contributed by atoms with Gasteiger partial charge in [-0.05, 0) is 25.1 Å². The van der Waals surface area contributed by atoms with E-state index in [1.807, 2.05) is 0 Å². The van der Waals surface area contributed by atoms with E-state index in [0.717, 1.165) is 17.0 Å². The molecule has 0 bridgehead atoms. The third-order valence-corrected chi connectivity index (χ3v) is 2.47. The Morgan fingerprint density at radius 3 is 2.62 bits per heavy atom. The van der Waals surface area contributed by atoms with Crippen LogP contribution in [0.3, 0.4) is 0 Å². The number of hydrogen-bond acceptors (Lipinski definition) is 4. The first-order valence-corrected chi connectivity index (χ1v) is 6.05. The molecule has 0 radical (unpaired) electrons. The predicted molar refractivity (Wildman–Crippen MR) is 71.6 cm³/mol. The van der Waals surface area contributed by atoms with Crippen molar-refractivity contribution in [1.29, 1.82) is 0 Å². The average molecular weight is 298 g/mol. The summed E-state index contributed by atoms with van der Waals surface area (Å²) in [6.07, 6.45) is 0. The second-order valence-electron chi connectivity index (χ2n) is 4.09. The Bertz CT molecular complexity index is 561. The SMILES string of the molecule is CCOC(=O)CN(C)C(=O)Nc1ccc(F)c(C(=O)O)c1. The van der Waals surface area contributed by atoms with Crippen LogP contribution in [-0.4, -0.2) is 48.2 Å². The van der Waals surface area contributed by atoms with Crippen LogP contribution in [-0.2, 0) is 9.53 Å². The second kappa shape index (κ2) is 7.22. The van der Waals surface area contributed by atoms with Gasteiger partial charge in [-0.25, -0.2) is 14.0 Å². The van der Waals surface area contributed by atoms with Crippen LogP contribution in [0.5, 0.6) is 0 Å². The molecule has 1 aromatic carbocycles. The number of hydrogen-bond donors (Lipinski definition) is 2. The quantitative estimate of drug-likeness (QED) is 0.804. The fourth-order valence-corrected chi connectivity index (χ4v) is 1.46. The molecule has 7 nitrogen and oxygen atoms in total. The first-order valence-electron chi connectivity index (χ1n) is 6.05. The van der Waals surface area contributed by atoms with Crippen LogP contribution in [0.15, 0.2) is 18.2 Å². The lowest BCUT2D eigenvalue weighted by atomic mass is 10.2. The maximum Gasteiger partial charge on any atom is 0.338 e. The molecule has 2 N–H and O–H groups in total. The van der Waals surface area contributed by atoms with Crippen LogP contribution in [0.4, 0.5) is 14.9 Å². The van der Waals surface area contributed by atoms with Crippen molar-refractivity contribution < 1.29 is 28.6 Å². The normalized spacial score (nSPS) is 9.86. The van der Waals surface area contributed by atoms with E-state index in [1.54, 1.807) is 6.92 Å².